The molecule has 0 saturated heterocycles. The van der Waals surface area contributed by atoms with Crippen molar-refractivity contribution in [2.75, 3.05) is 26.1 Å². The van der Waals surface area contributed by atoms with E-state index in [4.69, 9.17) is 10.5 Å². The SMILES string of the molecule is COc1nc(N(C)C)sc1C[C@@H](C)N. The Bertz CT molecular complexity index is 296. The highest BCUT2D eigenvalue weighted by atomic mass is 32.1. The maximum atomic E-state index is 5.74. The number of nitrogens with two attached hydrogens (primary N) is 1. The normalized spacial score (nSPS) is 12.6. The fourth-order valence-corrected chi connectivity index (χ4v) is 2.19. The first kappa shape index (κ1) is 11.3. The van der Waals surface area contributed by atoms with E-state index in [0.717, 1.165) is 16.4 Å². The number of rotatable bonds is 4. The number of hydrogen-bond acceptors (Lipinski definition) is 5. The second-order valence-electron chi connectivity index (χ2n) is 3.50. The van der Waals surface area contributed by atoms with Crippen LogP contribution in [0.5, 0.6) is 5.88 Å². The van der Waals surface area contributed by atoms with Crippen LogP contribution in [0.15, 0.2) is 0 Å². The summed E-state index contributed by atoms with van der Waals surface area (Å²) in [6.45, 7) is 1.98. The molecule has 0 fully saturated rings. The van der Waals surface area contributed by atoms with E-state index in [0.29, 0.717) is 5.88 Å². The van der Waals surface area contributed by atoms with Gasteiger partial charge in [0, 0.05) is 26.6 Å². The van der Waals surface area contributed by atoms with Gasteiger partial charge in [0.05, 0.1) is 12.0 Å². The summed E-state index contributed by atoms with van der Waals surface area (Å²) in [7, 11) is 5.57. The molecule has 1 aromatic rings. The lowest BCUT2D eigenvalue weighted by Gasteiger charge is -2.05. The van der Waals surface area contributed by atoms with E-state index in [2.05, 4.69) is 4.98 Å². The van der Waals surface area contributed by atoms with Crippen molar-refractivity contribution in [1.29, 1.82) is 0 Å². The van der Waals surface area contributed by atoms with Crippen LogP contribution < -0.4 is 15.4 Å². The van der Waals surface area contributed by atoms with E-state index in [-0.39, 0.29) is 6.04 Å². The predicted octanol–water partition coefficient (Wildman–Crippen LogP) is 1.11. The molecule has 0 aliphatic carbocycles. The molecule has 5 heteroatoms. The van der Waals surface area contributed by atoms with Crippen LogP contribution in [0.4, 0.5) is 5.13 Å². The van der Waals surface area contributed by atoms with E-state index >= 15 is 0 Å². The van der Waals surface area contributed by atoms with Gasteiger partial charge in [-0.25, -0.2) is 0 Å². The van der Waals surface area contributed by atoms with E-state index in [1.54, 1.807) is 18.4 Å². The maximum Gasteiger partial charge on any atom is 0.229 e. The number of anilines is 1. The molecule has 2 N–H and O–H groups in total. The van der Waals surface area contributed by atoms with Gasteiger partial charge < -0.3 is 15.4 Å². The molecule has 0 amide bonds. The van der Waals surface area contributed by atoms with Crippen molar-refractivity contribution in [3.05, 3.63) is 4.88 Å². The summed E-state index contributed by atoms with van der Waals surface area (Å²) in [6.07, 6.45) is 0.814. The molecule has 1 atom stereocenters. The minimum absolute atomic E-state index is 0.138. The molecule has 1 aromatic heterocycles. The summed E-state index contributed by atoms with van der Waals surface area (Å²) < 4.78 is 5.19. The van der Waals surface area contributed by atoms with Gasteiger partial charge in [0.1, 0.15) is 0 Å². The monoisotopic (exact) mass is 215 g/mol. The van der Waals surface area contributed by atoms with Crippen molar-refractivity contribution in [2.24, 2.45) is 5.73 Å². The van der Waals surface area contributed by atoms with Gasteiger partial charge in [-0.1, -0.05) is 11.3 Å². The predicted molar refractivity (Wildman–Crippen MR) is 60.3 cm³/mol. The molecule has 0 aliphatic heterocycles. The fourth-order valence-electron chi connectivity index (χ4n) is 1.10. The third kappa shape index (κ3) is 2.59. The third-order valence-electron chi connectivity index (χ3n) is 1.73. The van der Waals surface area contributed by atoms with Crippen LogP contribution >= 0.6 is 11.3 Å². The van der Waals surface area contributed by atoms with Crippen molar-refractivity contribution in [3.8, 4) is 5.88 Å². The van der Waals surface area contributed by atoms with Crippen LogP contribution in [0.2, 0.25) is 0 Å². The highest BCUT2D eigenvalue weighted by Crippen LogP contribution is 2.30. The molecule has 0 radical (unpaired) electrons. The second-order valence-corrected chi connectivity index (χ2v) is 4.57. The quantitative estimate of drug-likeness (QED) is 0.817. The molecule has 0 unspecified atom stereocenters. The number of nitrogens with zero attached hydrogens (tertiary/aromatic N) is 2. The Balaban J connectivity index is 2.90. The maximum absolute atomic E-state index is 5.74. The summed E-state index contributed by atoms with van der Waals surface area (Å²) >= 11 is 1.63. The van der Waals surface area contributed by atoms with Crippen molar-refractivity contribution < 1.29 is 4.74 Å². The Kier molecular flexibility index (Phi) is 3.71. The molecular weight excluding hydrogens is 198 g/mol. The summed E-state index contributed by atoms with van der Waals surface area (Å²) in [5.74, 6) is 0.705. The summed E-state index contributed by atoms with van der Waals surface area (Å²) in [5, 5.41) is 0.956. The standard InChI is InChI=1S/C9H17N3OS/c1-6(10)5-7-8(13-4)11-9(14-7)12(2)3/h6H,5,10H2,1-4H3/t6-/m1/s1. The lowest BCUT2D eigenvalue weighted by Crippen LogP contribution is -2.17. The van der Waals surface area contributed by atoms with Crippen molar-refractivity contribution in [2.45, 2.75) is 19.4 Å². The summed E-state index contributed by atoms with van der Waals surface area (Å²) in [6, 6.07) is 0.138. The Hall–Kier alpha value is -0.810. The number of thiazole rings is 1. The summed E-state index contributed by atoms with van der Waals surface area (Å²) in [5.41, 5.74) is 5.74. The Morgan fingerprint density at radius 2 is 2.21 bits per heavy atom. The Morgan fingerprint density at radius 1 is 1.57 bits per heavy atom. The Labute approximate surface area is 88.7 Å². The molecular formula is C9H17N3OS. The van der Waals surface area contributed by atoms with Crippen LogP contribution in [0, 0.1) is 0 Å². The van der Waals surface area contributed by atoms with Crippen molar-refractivity contribution >= 4 is 16.5 Å². The van der Waals surface area contributed by atoms with Crippen LogP contribution in [0.1, 0.15) is 11.8 Å². The molecule has 14 heavy (non-hydrogen) atoms. The van der Waals surface area contributed by atoms with E-state index in [9.17, 15) is 0 Å². The van der Waals surface area contributed by atoms with Crippen LogP contribution in [0.25, 0.3) is 0 Å². The molecule has 0 aromatic carbocycles. The lowest BCUT2D eigenvalue weighted by atomic mass is 10.2. The van der Waals surface area contributed by atoms with Crippen molar-refractivity contribution in [3.63, 3.8) is 0 Å². The van der Waals surface area contributed by atoms with E-state index in [1.807, 2.05) is 25.9 Å². The molecule has 0 aliphatic rings. The highest BCUT2D eigenvalue weighted by molar-refractivity contribution is 7.15. The number of methoxy groups -OCH3 is 1. The van der Waals surface area contributed by atoms with Gasteiger partial charge in [-0.2, -0.15) is 4.98 Å². The first-order chi connectivity index (χ1) is 6.54. The largest absolute Gasteiger partial charge is 0.480 e. The Morgan fingerprint density at radius 3 is 2.64 bits per heavy atom. The second kappa shape index (κ2) is 4.61. The van der Waals surface area contributed by atoms with Gasteiger partial charge in [0.25, 0.3) is 0 Å². The van der Waals surface area contributed by atoms with Crippen LogP contribution in [0.3, 0.4) is 0 Å². The van der Waals surface area contributed by atoms with Gasteiger partial charge in [0.15, 0.2) is 5.13 Å². The van der Waals surface area contributed by atoms with Gasteiger partial charge in [-0.3, -0.25) is 0 Å². The molecule has 0 saturated carbocycles. The fraction of sp³-hybridized carbons (Fsp3) is 0.667. The molecule has 1 rings (SSSR count). The van der Waals surface area contributed by atoms with Gasteiger partial charge in [-0.15, -0.1) is 0 Å². The average Bonchev–Trinajstić information content (AvgIpc) is 2.46. The lowest BCUT2D eigenvalue weighted by molar-refractivity contribution is 0.395. The zero-order chi connectivity index (χ0) is 10.7. The van der Waals surface area contributed by atoms with Crippen LogP contribution in [-0.4, -0.2) is 32.2 Å². The first-order valence-electron chi connectivity index (χ1n) is 4.51. The van der Waals surface area contributed by atoms with Gasteiger partial charge in [0.2, 0.25) is 5.88 Å². The minimum atomic E-state index is 0.138. The number of ether oxygens (including phenoxy) is 1. The molecule has 4 nitrogen and oxygen atoms in total. The molecule has 80 valence electrons. The van der Waals surface area contributed by atoms with Gasteiger partial charge in [-0.05, 0) is 6.92 Å². The van der Waals surface area contributed by atoms with Crippen LogP contribution in [-0.2, 0) is 6.42 Å². The summed E-state index contributed by atoms with van der Waals surface area (Å²) in [4.78, 5) is 7.43. The van der Waals surface area contributed by atoms with E-state index in [1.165, 1.54) is 0 Å². The minimum Gasteiger partial charge on any atom is -0.480 e. The molecule has 1 heterocycles. The molecule has 0 spiro atoms. The zero-order valence-corrected chi connectivity index (χ0v) is 9.89. The number of hydrogen-bond donors (Lipinski definition) is 1. The number of aromatic nitrogens is 1. The molecule has 0 bridgehead atoms. The topological polar surface area (TPSA) is 51.4 Å². The smallest absolute Gasteiger partial charge is 0.229 e. The zero-order valence-electron chi connectivity index (χ0n) is 9.07. The average molecular weight is 215 g/mol. The van der Waals surface area contributed by atoms with Crippen molar-refractivity contribution in [1.82, 2.24) is 4.98 Å². The third-order valence-corrected chi connectivity index (χ3v) is 2.96. The van der Waals surface area contributed by atoms with Gasteiger partial charge >= 0.3 is 0 Å². The first-order valence-corrected chi connectivity index (χ1v) is 5.32. The van der Waals surface area contributed by atoms with E-state index < -0.39 is 0 Å². The highest BCUT2D eigenvalue weighted by Gasteiger charge is 2.13.